The molecule has 0 saturated carbocycles. The Kier molecular flexibility index (Phi) is 4.10. The zero-order chi connectivity index (χ0) is 12.3. The predicted molar refractivity (Wildman–Crippen MR) is 74.2 cm³/mol. The fourth-order valence-corrected chi connectivity index (χ4v) is 9.11. The van der Waals surface area contributed by atoms with Crippen molar-refractivity contribution in [1.29, 1.82) is 0 Å². The van der Waals surface area contributed by atoms with Crippen LogP contribution in [0.1, 0.15) is 6.92 Å². The number of carbonyl (C=O) groups is 1. The highest BCUT2D eigenvalue weighted by Crippen LogP contribution is 2.24. The zero-order valence-electron chi connectivity index (χ0n) is 10.4. The van der Waals surface area contributed by atoms with Crippen molar-refractivity contribution in [2.45, 2.75) is 31.7 Å². The smallest absolute Gasteiger partial charge is 0.187 e. The Morgan fingerprint density at radius 3 is 2.25 bits per heavy atom. The van der Waals surface area contributed by atoms with Gasteiger partial charge in [0.25, 0.3) is 0 Å². The molecule has 0 aromatic heterocycles. The van der Waals surface area contributed by atoms with Gasteiger partial charge in [-0.2, -0.15) is 0 Å². The number of hydrogen-bond donors (Lipinski definition) is 1. The van der Waals surface area contributed by atoms with Gasteiger partial charge in [0.1, 0.15) is 0 Å². The van der Waals surface area contributed by atoms with Crippen LogP contribution >= 0.6 is 0 Å². The minimum atomic E-state index is -1.56. The lowest BCUT2D eigenvalue weighted by atomic mass is 10.4. The average Bonchev–Trinajstić information content (AvgIpc) is 2.28. The van der Waals surface area contributed by atoms with E-state index in [0.717, 1.165) is 0 Å². The van der Waals surface area contributed by atoms with Gasteiger partial charge in [-0.3, -0.25) is 4.79 Å². The number of rotatable bonds is 4. The van der Waals surface area contributed by atoms with E-state index in [1.165, 1.54) is 5.19 Å². The molecule has 4 heteroatoms. The van der Waals surface area contributed by atoms with Gasteiger partial charge in [-0.05, 0) is 5.16 Å². The molecular weight excluding hydrogens is 230 g/mol. The summed E-state index contributed by atoms with van der Waals surface area (Å²) in [6.45, 7) is 8.88. The first-order valence-electron chi connectivity index (χ1n) is 5.56. The van der Waals surface area contributed by atoms with Crippen LogP contribution in [-0.2, 0) is 0 Å². The van der Waals surface area contributed by atoms with Gasteiger partial charge in [-0.25, -0.2) is 0 Å². The molecule has 0 fully saturated rings. The highest BCUT2D eigenvalue weighted by atomic mass is 28.4. The van der Waals surface area contributed by atoms with E-state index in [4.69, 9.17) is 5.73 Å². The lowest BCUT2D eigenvalue weighted by Crippen LogP contribution is -2.52. The van der Waals surface area contributed by atoms with Gasteiger partial charge in [0, 0.05) is 0 Å². The van der Waals surface area contributed by atoms with Gasteiger partial charge in [0.05, 0.1) is 8.07 Å². The second kappa shape index (κ2) is 4.97. The highest BCUT2D eigenvalue weighted by molar-refractivity contribution is 7.06. The number of primary amides is 1. The Bertz CT molecular complexity index is 365. The Balaban J connectivity index is 2.98. The summed E-state index contributed by atoms with van der Waals surface area (Å²) in [5, 5.41) is 1.87. The van der Waals surface area contributed by atoms with E-state index in [9.17, 15) is 4.79 Å². The van der Waals surface area contributed by atoms with Crippen LogP contribution in [0.25, 0.3) is 0 Å². The van der Waals surface area contributed by atoms with Gasteiger partial charge in [0.2, 0.25) is 0 Å². The normalized spacial score (nSPS) is 13.8. The van der Waals surface area contributed by atoms with Crippen molar-refractivity contribution >= 4 is 27.6 Å². The first-order valence-corrected chi connectivity index (χ1v) is 10.7. The van der Waals surface area contributed by atoms with Crippen LogP contribution in [0.2, 0.25) is 24.8 Å². The molecular formula is C12H20NOSi2. The van der Waals surface area contributed by atoms with Crippen molar-refractivity contribution in [2.24, 2.45) is 5.73 Å². The fraction of sp³-hybridized carbons (Fsp3) is 0.417. The van der Waals surface area contributed by atoms with E-state index in [0.29, 0.717) is 5.16 Å². The summed E-state index contributed by atoms with van der Waals surface area (Å²) in [4.78, 5) is 11.3. The molecule has 0 aliphatic heterocycles. The summed E-state index contributed by atoms with van der Waals surface area (Å²) in [7, 11) is -2.65. The molecule has 1 radical (unpaired) electrons. The van der Waals surface area contributed by atoms with Gasteiger partial charge >= 0.3 is 0 Å². The van der Waals surface area contributed by atoms with Crippen molar-refractivity contribution < 1.29 is 4.79 Å². The van der Waals surface area contributed by atoms with Crippen LogP contribution in [0.5, 0.6) is 0 Å². The molecule has 16 heavy (non-hydrogen) atoms. The molecule has 1 rings (SSSR count). The largest absolute Gasteiger partial charge is 0.374 e. The molecule has 87 valence electrons. The van der Waals surface area contributed by atoms with Crippen LogP contribution in [0.15, 0.2) is 30.3 Å². The molecule has 0 aliphatic carbocycles. The number of carbonyl (C=O) groups excluding carboxylic acids is 1. The molecule has 2 nitrogen and oxygen atoms in total. The summed E-state index contributed by atoms with van der Waals surface area (Å²) >= 11 is 0. The maximum Gasteiger partial charge on any atom is 0.187 e. The number of nitrogens with two attached hydrogens (primary N) is 1. The van der Waals surface area contributed by atoms with Crippen LogP contribution in [-0.4, -0.2) is 22.4 Å². The van der Waals surface area contributed by atoms with E-state index in [2.05, 4.69) is 44.3 Å². The third-order valence-corrected chi connectivity index (χ3v) is 13.2. The van der Waals surface area contributed by atoms with Gasteiger partial charge in [0.15, 0.2) is 14.3 Å². The number of benzene rings is 1. The third kappa shape index (κ3) is 2.62. The van der Waals surface area contributed by atoms with Crippen LogP contribution < -0.4 is 10.9 Å². The molecule has 0 heterocycles. The second-order valence-corrected chi connectivity index (χ2v) is 13.0. The predicted octanol–water partition coefficient (Wildman–Crippen LogP) is 2.32. The van der Waals surface area contributed by atoms with Crippen molar-refractivity contribution in [3.05, 3.63) is 30.3 Å². The van der Waals surface area contributed by atoms with Crippen LogP contribution in [0, 0.1) is 0 Å². The van der Waals surface area contributed by atoms with E-state index in [1.807, 2.05) is 12.6 Å². The fourth-order valence-electron chi connectivity index (χ4n) is 1.87. The lowest BCUT2D eigenvalue weighted by Gasteiger charge is -2.32. The molecule has 1 amide bonds. The monoisotopic (exact) mass is 250 g/mol. The summed E-state index contributed by atoms with van der Waals surface area (Å²) < 4.78 is 0. The zero-order valence-corrected chi connectivity index (χ0v) is 12.4. The molecule has 1 atom stereocenters. The number of amides is 1. The molecule has 0 bridgehead atoms. The molecule has 1 aromatic rings. The molecule has 1 unspecified atom stereocenters. The first-order chi connectivity index (χ1) is 7.37. The molecule has 1 aromatic carbocycles. The van der Waals surface area contributed by atoms with Crippen molar-refractivity contribution in [1.82, 2.24) is 0 Å². The van der Waals surface area contributed by atoms with E-state index < -0.39 is 16.9 Å². The van der Waals surface area contributed by atoms with Crippen molar-refractivity contribution in [2.75, 3.05) is 0 Å². The maximum atomic E-state index is 11.3. The van der Waals surface area contributed by atoms with E-state index in [1.54, 1.807) is 0 Å². The summed E-state index contributed by atoms with van der Waals surface area (Å²) in [6, 6.07) is 10.5. The summed E-state index contributed by atoms with van der Waals surface area (Å²) in [5.74, 6) is 0. The summed E-state index contributed by atoms with van der Waals surface area (Å²) in [5.41, 5.74) is 5.35. The first kappa shape index (κ1) is 13.2. The minimum Gasteiger partial charge on any atom is -0.374 e. The Hall–Kier alpha value is -0.876. The van der Waals surface area contributed by atoms with Crippen molar-refractivity contribution in [3.8, 4) is 0 Å². The van der Waals surface area contributed by atoms with Gasteiger partial charge < -0.3 is 5.73 Å². The van der Waals surface area contributed by atoms with Crippen LogP contribution in [0.3, 0.4) is 0 Å². The molecule has 0 saturated heterocycles. The van der Waals surface area contributed by atoms with Crippen LogP contribution in [0.4, 0.5) is 4.79 Å². The number of hydrogen-bond acceptors (Lipinski definition) is 1. The van der Waals surface area contributed by atoms with E-state index in [-0.39, 0.29) is 5.53 Å². The Morgan fingerprint density at radius 1 is 1.31 bits per heavy atom. The quantitative estimate of drug-likeness (QED) is 0.819. The Labute approximate surface area is 100 Å². The van der Waals surface area contributed by atoms with Crippen molar-refractivity contribution in [3.63, 3.8) is 0 Å². The maximum absolute atomic E-state index is 11.3. The SMILES string of the molecule is CC([Si](C)C(N)=O)[Si](C)(C)c1ccccc1. The highest BCUT2D eigenvalue weighted by Gasteiger charge is 2.36. The lowest BCUT2D eigenvalue weighted by molar-refractivity contribution is 0.265. The minimum absolute atomic E-state index is 0.0889. The average molecular weight is 250 g/mol. The van der Waals surface area contributed by atoms with Gasteiger partial charge in [-0.15, -0.1) is 0 Å². The molecule has 2 N–H and O–H groups in total. The molecule has 0 aliphatic rings. The Morgan fingerprint density at radius 2 is 1.81 bits per heavy atom. The summed E-state index contributed by atoms with van der Waals surface area (Å²) in [6.07, 6.45) is 0. The standard InChI is InChI=1S/C12H20NOSi2/c1-10(15(2)12(13)14)16(3,4)11-8-6-5-7-9-11/h5-10H,1-4H3,(H2,13,14). The second-order valence-electron chi connectivity index (χ2n) is 4.86. The third-order valence-electron chi connectivity index (χ3n) is 3.64. The topological polar surface area (TPSA) is 43.1 Å². The van der Waals surface area contributed by atoms with Gasteiger partial charge in [-0.1, -0.05) is 62.1 Å². The van der Waals surface area contributed by atoms with E-state index >= 15 is 0 Å². The molecule has 0 spiro atoms.